The second kappa shape index (κ2) is 7.60. The normalized spacial score (nSPS) is 12.1. The maximum atomic E-state index is 5.70. The van der Waals surface area contributed by atoms with Crippen molar-refractivity contribution in [2.75, 3.05) is 13.2 Å². The second-order valence-corrected chi connectivity index (χ2v) is 4.63. The quantitative estimate of drug-likeness (QED) is 0.841. The Morgan fingerprint density at radius 2 is 2.10 bits per heavy atom. The Labute approximate surface area is 120 Å². The Bertz CT molecular complexity index is 516. The fourth-order valence-corrected chi connectivity index (χ4v) is 2.00. The molecular formula is C16H21N3O. The molecule has 2 aromatic heterocycles. The van der Waals surface area contributed by atoms with Gasteiger partial charge in [-0.3, -0.25) is 4.98 Å². The van der Waals surface area contributed by atoms with Crippen LogP contribution in [-0.4, -0.2) is 23.1 Å². The molecule has 0 saturated heterocycles. The van der Waals surface area contributed by atoms with Crippen molar-refractivity contribution in [3.63, 3.8) is 0 Å². The van der Waals surface area contributed by atoms with Gasteiger partial charge in [0, 0.05) is 36.6 Å². The van der Waals surface area contributed by atoms with E-state index in [0.29, 0.717) is 18.5 Å². The molecule has 1 atom stereocenters. The van der Waals surface area contributed by atoms with Crippen molar-refractivity contribution in [1.82, 2.24) is 15.3 Å². The Morgan fingerprint density at radius 1 is 1.20 bits per heavy atom. The van der Waals surface area contributed by atoms with E-state index in [1.54, 1.807) is 12.4 Å². The highest BCUT2D eigenvalue weighted by molar-refractivity contribution is 5.23. The van der Waals surface area contributed by atoms with Crippen LogP contribution in [0.4, 0.5) is 0 Å². The average Bonchev–Trinajstić information content (AvgIpc) is 2.49. The first-order chi connectivity index (χ1) is 9.79. The van der Waals surface area contributed by atoms with Gasteiger partial charge >= 0.3 is 0 Å². The first kappa shape index (κ1) is 14.5. The molecule has 0 aromatic carbocycles. The fourth-order valence-electron chi connectivity index (χ4n) is 2.00. The van der Waals surface area contributed by atoms with Crippen LogP contribution in [0.15, 0.2) is 42.7 Å². The molecule has 0 bridgehead atoms. The van der Waals surface area contributed by atoms with E-state index in [0.717, 1.165) is 18.7 Å². The molecular weight excluding hydrogens is 250 g/mol. The summed E-state index contributed by atoms with van der Waals surface area (Å²) in [5.41, 5.74) is 2.22. The Kier molecular flexibility index (Phi) is 5.50. The molecule has 1 N–H and O–H groups in total. The summed E-state index contributed by atoms with van der Waals surface area (Å²) in [6.45, 7) is 5.76. The molecule has 0 aliphatic carbocycles. The first-order valence-electron chi connectivity index (χ1n) is 7.01. The van der Waals surface area contributed by atoms with Crippen LogP contribution < -0.4 is 10.1 Å². The van der Waals surface area contributed by atoms with Gasteiger partial charge in [0.15, 0.2) is 0 Å². The van der Waals surface area contributed by atoms with E-state index in [2.05, 4.69) is 29.1 Å². The SMILES string of the molecule is CCNC(C)c1ccnc(OCCc2ccccn2)c1. The lowest BCUT2D eigenvalue weighted by atomic mass is 10.1. The zero-order valence-electron chi connectivity index (χ0n) is 12.0. The summed E-state index contributed by atoms with van der Waals surface area (Å²) < 4.78 is 5.70. The minimum atomic E-state index is 0.307. The number of aromatic nitrogens is 2. The van der Waals surface area contributed by atoms with Crippen LogP contribution in [0.2, 0.25) is 0 Å². The molecule has 0 radical (unpaired) electrons. The predicted octanol–water partition coefficient (Wildman–Crippen LogP) is 2.77. The predicted molar refractivity (Wildman–Crippen MR) is 79.8 cm³/mol. The maximum absolute atomic E-state index is 5.70. The van der Waals surface area contributed by atoms with Crippen molar-refractivity contribution < 1.29 is 4.74 Å². The molecule has 0 amide bonds. The van der Waals surface area contributed by atoms with Crippen LogP contribution in [-0.2, 0) is 6.42 Å². The lowest BCUT2D eigenvalue weighted by Crippen LogP contribution is -2.17. The Balaban J connectivity index is 1.88. The van der Waals surface area contributed by atoms with Gasteiger partial charge in [0.1, 0.15) is 0 Å². The van der Waals surface area contributed by atoms with Gasteiger partial charge in [0.25, 0.3) is 0 Å². The van der Waals surface area contributed by atoms with Gasteiger partial charge in [0.2, 0.25) is 5.88 Å². The molecule has 20 heavy (non-hydrogen) atoms. The molecule has 2 rings (SSSR count). The summed E-state index contributed by atoms with van der Waals surface area (Å²) in [6, 6.07) is 10.2. The van der Waals surface area contributed by atoms with E-state index in [4.69, 9.17) is 4.74 Å². The highest BCUT2D eigenvalue weighted by Crippen LogP contribution is 2.16. The molecule has 0 aliphatic rings. The first-order valence-corrected chi connectivity index (χ1v) is 7.01. The maximum Gasteiger partial charge on any atom is 0.213 e. The number of nitrogens with zero attached hydrogens (tertiary/aromatic N) is 2. The van der Waals surface area contributed by atoms with Crippen molar-refractivity contribution in [3.8, 4) is 5.88 Å². The van der Waals surface area contributed by atoms with Crippen molar-refractivity contribution in [1.29, 1.82) is 0 Å². The summed E-state index contributed by atoms with van der Waals surface area (Å²) in [6.07, 6.45) is 4.38. The van der Waals surface area contributed by atoms with Gasteiger partial charge in [-0.15, -0.1) is 0 Å². The number of pyridine rings is 2. The summed E-state index contributed by atoms with van der Waals surface area (Å²) >= 11 is 0. The van der Waals surface area contributed by atoms with Crippen LogP contribution in [0, 0.1) is 0 Å². The van der Waals surface area contributed by atoms with Crippen LogP contribution in [0.1, 0.15) is 31.1 Å². The topological polar surface area (TPSA) is 47.0 Å². The van der Waals surface area contributed by atoms with Gasteiger partial charge in [-0.05, 0) is 37.2 Å². The minimum absolute atomic E-state index is 0.307. The van der Waals surface area contributed by atoms with E-state index in [1.807, 2.05) is 30.3 Å². The van der Waals surface area contributed by atoms with E-state index < -0.39 is 0 Å². The summed E-state index contributed by atoms with van der Waals surface area (Å²) in [5.74, 6) is 0.670. The monoisotopic (exact) mass is 271 g/mol. The molecule has 0 fully saturated rings. The average molecular weight is 271 g/mol. The molecule has 4 heteroatoms. The summed E-state index contributed by atoms with van der Waals surface area (Å²) in [5, 5.41) is 3.38. The molecule has 2 heterocycles. The van der Waals surface area contributed by atoms with Crippen LogP contribution in [0.3, 0.4) is 0 Å². The van der Waals surface area contributed by atoms with Gasteiger partial charge in [-0.2, -0.15) is 0 Å². The summed E-state index contributed by atoms with van der Waals surface area (Å²) in [4.78, 5) is 8.51. The third kappa shape index (κ3) is 4.31. The lowest BCUT2D eigenvalue weighted by Gasteiger charge is -2.13. The highest BCUT2D eigenvalue weighted by Gasteiger charge is 2.05. The minimum Gasteiger partial charge on any atom is -0.477 e. The van der Waals surface area contributed by atoms with E-state index >= 15 is 0 Å². The Morgan fingerprint density at radius 3 is 2.85 bits per heavy atom. The van der Waals surface area contributed by atoms with Crippen molar-refractivity contribution in [2.45, 2.75) is 26.3 Å². The highest BCUT2D eigenvalue weighted by atomic mass is 16.5. The van der Waals surface area contributed by atoms with Crippen molar-refractivity contribution in [3.05, 3.63) is 54.0 Å². The van der Waals surface area contributed by atoms with Crippen molar-refractivity contribution >= 4 is 0 Å². The zero-order valence-corrected chi connectivity index (χ0v) is 12.0. The van der Waals surface area contributed by atoms with Crippen LogP contribution >= 0.6 is 0 Å². The number of nitrogens with one attached hydrogen (secondary N) is 1. The number of ether oxygens (including phenoxy) is 1. The number of hydrogen-bond acceptors (Lipinski definition) is 4. The lowest BCUT2D eigenvalue weighted by molar-refractivity contribution is 0.307. The van der Waals surface area contributed by atoms with Crippen LogP contribution in [0.25, 0.3) is 0 Å². The molecule has 2 aromatic rings. The molecule has 0 saturated carbocycles. The second-order valence-electron chi connectivity index (χ2n) is 4.63. The Hall–Kier alpha value is -1.94. The molecule has 106 valence electrons. The third-order valence-electron chi connectivity index (χ3n) is 3.10. The smallest absolute Gasteiger partial charge is 0.213 e. The summed E-state index contributed by atoms with van der Waals surface area (Å²) in [7, 11) is 0. The zero-order chi connectivity index (χ0) is 14.2. The standard InChI is InChI=1S/C16H21N3O/c1-3-17-13(2)14-7-10-19-16(12-14)20-11-8-15-6-4-5-9-18-15/h4-7,9-10,12-13,17H,3,8,11H2,1-2H3. The van der Waals surface area contributed by atoms with Gasteiger partial charge in [-0.1, -0.05) is 13.0 Å². The van der Waals surface area contributed by atoms with Crippen LogP contribution in [0.5, 0.6) is 5.88 Å². The fraction of sp³-hybridized carbons (Fsp3) is 0.375. The number of rotatable bonds is 7. The molecule has 4 nitrogen and oxygen atoms in total. The molecule has 0 aliphatic heterocycles. The van der Waals surface area contributed by atoms with Crippen molar-refractivity contribution in [2.24, 2.45) is 0 Å². The number of hydrogen-bond donors (Lipinski definition) is 1. The molecule has 0 spiro atoms. The van der Waals surface area contributed by atoms with E-state index in [1.165, 1.54) is 5.56 Å². The van der Waals surface area contributed by atoms with Gasteiger partial charge in [-0.25, -0.2) is 4.98 Å². The van der Waals surface area contributed by atoms with E-state index in [-0.39, 0.29) is 0 Å². The van der Waals surface area contributed by atoms with Gasteiger partial charge in [0.05, 0.1) is 6.61 Å². The largest absolute Gasteiger partial charge is 0.477 e. The molecule has 1 unspecified atom stereocenters. The van der Waals surface area contributed by atoms with E-state index in [9.17, 15) is 0 Å². The van der Waals surface area contributed by atoms with Gasteiger partial charge < -0.3 is 10.1 Å². The third-order valence-corrected chi connectivity index (χ3v) is 3.10.